The molecule has 0 aliphatic carbocycles. The summed E-state index contributed by atoms with van der Waals surface area (Å²) < 4.78 is 16.3. The molecule has 7 heteroatoms. The van der Waals surface area contributed by atoms with E-state index in [4.69, 9.17) is 19.2 Å². The Morgan fingerprint density at radius 1 is 1.30 bits per heavy atom. The first-order valence-corrected chi connectivity index (χ1v) is 9.58. The van der Waals surface area contributed by atoms with Crippen molar-refractivity contribution < 1.29 is 19.3 Å². The van der Waals surface area contributed by atoms with Gasteiger partial charge in [0.15, 0.2) is 5.96 Å². The largest absolute Gasteiger partial charge is 0.497 e. The smallest absolute Gasteiger partial charge is 0.191 e. The van der Waals surface area contributed by atoms with Crippen molar-refractivity contribution in [1.29, 1.82) is 0 Å². The van der Waals surface area contributed by atoms with E-state index in [1.807, 2.05) is 25.1 Å². The summed E-state index contributed by atoms with van der Waals surface area (Å²) in [5.41, 5.74) is 1.04. The molecule has 1 aliphatic rings. The summed E-state index contributed by atoms with van der Waals surface area (Å²) in [4.78, 5) is 4.74. The molecular weight excluding hydrogens is 346 g/mol. The van der Waals surface area contributed by atoms with Crippen molar-refractivity contribution in [3.05, 3.63) is 23.8 Å². The van der Waals surface area contributed by atoms with Crippen LogP contribution in [0.5, 0.6) is 11.5 Å². The van der Waals surface area contributed by atoms with Crippen molar-refractivity contribution >= 4 is 5.96 Å². The fourth-order valence-corrected chi connectivity index (χ4v) is 3.27. The third-order valence-electron chi connectivity index (χ3n) is 4.92. The van der Waals surface area contributed by atoms with Crippen molar-refractivity contribution in [2.75, 3.05) is 53.7 Å². The highest BCUT2D eigenvalue weighted by molar-refractivity contribution is 5.79. The number of aliphatic hydroxyl groups excluding tert-OH is 1. The molecular formula is C20H33N3O4. The van der Waals surface area contributed by atoms with Gasteiger partial charge in [0.25, 0.3) is 0 Å². The zero-order valence-electron chi connectivity index (χ0n) is 16.7. The van der Waals surface area contributed by atoms with E-state index in [0.717, 1.165) is 62.0 Å². The third kappa shape index (κ3) is 6.29. The molecule has 1 aromatic rings. The van der Waals surface area contributed by atoms with Crippen molar-refractivity contribution in [1.82, 2.24) is 10.6 Å². The van der Waals surface area contributed by atoms with E-state index in [2.05, 4.69) is 10.6 Å². The zero-order chi connectivity index (χ0) is 19.5. The van der Waals surface area contributed by atoms with Crippen LogP contribution in [0.25, 0.3) is 0 Å². The Morgan fingerprint density at radius 3 is 2.78 bits per heavy atom. The summed E-state index contributed by atoms with van der Waals surface area (Å²) in [7, 11) is 3.34. The van der Waals surface area contributed by atoms with Crippen LogP contribution in [-0.2, 0) is 11.2 Å². The molecule has 0 saturated carbocycles. The SMILES string of the molecule is CCNC(=NCC1(CCO)CCOC1)NCCc1cc(OC)ccc1OC. The van der Waals surface area contributed by atoms with E-state index in [1.165, 1.54) is 0 Å². The molecule has 1 atom stereocenters. The maximum Gasteiger partial charge on any atom is 0.191 e. The second kappa shape index (κ2) is 11.0. The Labute approximate surface area is 162 Å². The van der Waals surface area contributed by atoms with Crippen LogP contribution >= 0.6 is 0 Å². The normalized spacial score (nSPS) is 19.8. The molecule has 7 nitrogen and oxygen atoms in total. The summed E-state index contributed by atoms with van der Waals surface area (Å²) in [6.07, 6.45) is 2.45. The highest BCUT2D eigenvalue weighted by Crippen LogP contribution is 2.32. The molecule has 1 heterocycles. The molecule has 0 bridgehead atoms. The van der Waals surface area contributed by atoms with Crippen molar-refractivity contribution in [2.45, 2.75) is 26.2 Å². The van der Waals surface area contributed by atoms with Gasteiger partial charge >= 0.3 is 0 Å². The highest BCUT2D eigenvalue weighted by Gasteiger charge is 2.34. The number of nitrogens with zero attached hydrogens (tertiary/aromatic N) is 1. The van der Waals surface area contributed by atoms with Gasteiger partial charge in [-0.3, -0.25) is 4.99 Å². The molecule has 3 N–H and O–H groups in total. The van der Waals surface area contributed by atoms with E-state index in [0.29, 0.717) is 13.2 Å². The maximum absolute atomic E-state index is 9.36. The molecule has 0 radical (unpaired) electrons. The number of ether oxygens (including phenoxy) is 3. The molecule has 152 valence electrons. The molecule has 0 amide bonds. The van der Waals surface area contributed by atoms with Gasteiger partial charge in [-0.2, -0.15) is 0 Å². The Balaban J connectivity index is 1.96. The van der Waals surface area contributed by atoms with Gasteiger partial charge < -0.3 is 30.0 Å². The average molecular weight is 380 g/mol. The number of nitrogens with one attached hydrogen (secondary N) is 2. The van der Waals surface area contributed by atoms with Gasteiger partial charge in [0.05, 0.1) is 27.4 Å². The van der Waals surface area contributed by atoms with E-state index in [1.54, 1.807) is 14.2 Å². The van der Waals surface area contributed by atoms with Gasteiger partial charge in [-0.25, -0.2) is 0 Å². The molecule has 27 heavy (non-hydrogen) atoms. The van der Waals surface area contributed by atoms with E-state index in [9.17, 15) is 5.11 Å². The summed E-state index contributed by atoms with van der Waals surface area (Å²) in [6.45, 7) is 5.78. The minimum absolute atomic E-state index is 0.0485. The fraction of sp³-hybridized carbons (Fsp3) is 0.650. The van der Waals surface area contributed by atoms with Crippen LogP contribution in [0.2, 0.25) is 0 Å². The number of aliphatic hydroxyl groups is 1. The molecule has 1 saturated heterocycles. The van der Waals surface area contributed by atoms with Crippen molar-refractivity contribution in [2.24, 2.45) is 10.4 Å². The lowest BCUT2D eigenvalue weighted by Gasteiger charge is -2.24. The van der Waals surface area contributed by atoms with Crippen molar-refractivity contribution in [3.63, 3.8) is 0 Å². The lowest BCUT2D eigenvalue weighted by atomic mass is 9.84. The predicted octanol–water partition coefficient (Wildman–Crippen LogP) is 1.59. The van der Waals surface area contributed by atoms with Crippen LogP contribution in [-0.4, -0.2) is 64.7 Å². The van der Waals surface area contributed by atoms with Crippen LogP contribution in [0.3, 0.4) is 0 Å². The van der Waals surface area contributed by atoms with Crippen molar-refractivity contribution in [3.8, 4) is 11.5 Å². The number of methoxy groups -OCH3 is 2. The van der Waals surface area contributed by atoms with Gasteiger partial charge in [-0.05, 0) is 49.9 Å². The van der Waals surface area contributed by atoms with Crippen LogP contribution in [0.15, 0.2) is 23.2 Å². The summed E-state index contributed by atoms with van der Waals surface area (Å²) >= 11 is 0. The Kier molecular flexibility index (Phi) is 8.67. The van der Waals surface area contributed by atoms with Gasteiger partial charge in [-0.15, -0.1) is 0 Å². The molecule has 1 fully saturated rings. The third-order valence-corrected chi connectivity index (χ3v) is 4.92. The van der Waals surface area contributed by atoms with E-state index in [-0.39, 0.29) is 12.0 Å². The molecule has 0 aromatic heterocycles. The Hall–Kier alpha value is -1.99. The van der Waals surface area contributed by atoms with E-state index < -0.39 is 0 Å². The summed E-state index contributed by atoms with van der Waals surface area (Å²) in [5, 5.41) is 16.0. The van der Waals surface area contributed by atoms with Crippen LogP contribution < -0.4 is 20.1 Å². The molecule has 1 aliphatic heterocycles. The lowest BCUT2D eigenvalue weighted by Crippen LogP contribution is -2.39. The maximum atomic E-state index is 9.36. The van der Waals surface area contributed by atoms with E-state index >= 15 is 0 Å². The van der Waals surface area contributed by atoms with Gasteiger partial charge in [0, 0.05) is 31.7 Å². The number of benzene rings is 1. The van der Waals surface area contributed by atoms with Gasteiger partial charge in [0.1, 0.15) is 11.5 Å². The number of hydrogen-bond acceptors (Lipinski definition) is 5. The zero-order valence-corrected chi connectivity index (χ0v) is 16.7. The highest BCUT2D eigenvalue weighted by atomic mass is 16.5. The summed E-state index contributed by atoms with van der Waals surface area (Å²) in [5.74, 6) is 2.45. The Bertz CT molecular complexity index is 601. The van der Waals surface area contributed by atoms with Gasteiger partial charge in [-0.1, -0.05) is 0 Å². The number of hydrogen-bond donors (Lipinski definition) is 3. The first-order valence-electron chi connectivity index (χ1n) is 9.58. The topological polar surface area (TPSA) is 84.3 Å². The fourth-order valence-electron chi connectivity index (χ4n) is 3.27. The first kappa shape index (κ1) is 21.3. The number of guanidine groups is 1. The minimum atomic E-state index is -0.0485. The molecule has 1 unspecified atom stereocenters. The molecule has 0 spiro atoms. The second-order valence-corrected chi connectivity index (χ2v) is 6.83. The predicted molar refractivity (Wildman–Crippen MR) is 107 cm³/mol. The molecule has 2 rings (SSSR count). The van der Waals surface area contributed by atoms with Gasteiger partial charge in [0.2, 0.25) is 0 Å². The van der Waals surface area contributed by atoms with Crippen LogP contribution in [0.4, 0.5) is 0 Å². The number of rotatable bonds is 10. The first-order chi connectivity index (χ1) is 13.2. The quantitative estimate of drug-likeness (QED) is 0.423. The molecule has 1 aromatic carbocycles. The van der Waals surface area contributed by atoms with Crippen LogP contribution in [0, 0.1) is 5.41 Å². The standard InChI is InChI=1S/C20H33N3O4/c1-4-21-19(23-14-20(8-11-24)9-12-27-15-20)22-10-7-16-13-17(25-2)5-6-18(16)26-3/h5-6,13,24H,4,7-12,14-15H2,1-3H3,(H2,21,22,23). The lowest BCUT2D eigenvalue weighted by molar-refractivity contribution is 0.131. The summed E-state index contributed by atoms with van der Waals surface area (Å²) in [6, 6.07) is 5.81. The number of aliphatic imine (C=N–C) groups is 1. The Morgan fingerprint density at radius 2 is 2.15 bits per heavy atom. The van der Waals surface area contributed by atoms with Crippen LogP contribution in [0.1, 0.15) is 25.3 Å². The monoisotopic (exact) mass is 379 g/mol. The minimum Gasteiger partial charge on any atom is -0.497 e. The second-order valence-electron chi connectivity index (χ2n) is 6.83. The average Bonchev–Trinajstić information content (AvgIpc) is 3.15.